The smallest absolute Gasteiger partial charge is 0.321 e. The zero-order valence-electron chi connectivity index (χ0n) is 11.9. The van der Waals surface area contributed by atoms with Gasteiger partial charge in [0.05, 0.1) is 0 Å². The average molecular weight is 281 g/mol. The van der Waals surface area contributed by atoms with Crippen LogP contribution in [0.3, 0.4) is 0 Å². The number of anilines is 1. The van der Waals surface area contributed by atoms with E-state index in [0.717, 1.165) is 5.69 Å². The van der Waals surface area contributed by atoms with Crippen molar-refractivity contribution in [3.05, 3.63) is 30.1 Å². The van der Waals surface area contributed by atoms with Crippen LogP contribution < -0.4 is 15.5 Å². The summed E-state index contributed by atoms with van der Waals surface area (Å²) in [5.74, 6) is -0.730. The molecule has 1 aromatic rings. The van der Waals surface area contributed by atoms with Crippen LogP contribution in [0, 0.1) is 5.82 Å². The highest BCUT2D eigenvalue weighted by Gasteiger charge is 2.22. The van der Waals surface area contributed by atoms with Crippen molar-refractivity contribution in [2.75, 3.05) is 18.0 Å². The Balaban J connectivity index is 2.76. The van der Waals surface area contributed by atoms with E-state index < -0.39 is 18.0 Å². The molecular weight excluding hydrogens is 261 g/mol. The summed E-state index contributed by atoms with van der Waals surface area (Å²) in [6.45, 7) is 6.36. The standard InChI is InChI=1S/C14H20FN3O2/c1-4-16-14(20)17-13(19)10(3)18(5-2)12-8-6-11(15)7-9-12/h6-10H,4-5H2,1-3H3,(H2,16,17,19,20). The number of likely N-dealkylation sites (N-methyl/N-ethyl adjacent to an activating group) is 1. The maximum atomic E-state index is 12.9. The summed E-state index contributed by atoms with van der Waals surface area (Å²) < 4.78 is 12.9. The number of urea groups is 1. The van der Waals surface area contributed by atoms with Gasteiger partial charge in [0.25, 0.3) is 0 Å². The third-order valence-electron chi connectivity index (χ3n) is 2.92. The summed E-state index contributed by atoms with van der Waals surface area (Å²) in [7, 11) is 0. The third kappa shape index (κ3) is 4.22. The highest BCUT2D eigenvalue weighted by molar-refractivity contribution is 5.98. The van der Waals surface area contributed by atoms with E-state index in [2.05, 4.69) is 10.6 Å². The fourth-order valence-electron chi connectivity index (χ4n) is 1.88. The van der Waals surface area contributed by atoms with Crippen LogP contribution in [0.25, 0.3) is 0 Å². The van der Waals surface area contributed by atoms with Gasteiger partial charge in [-0.3, -0.25) is 10.1 Å². The first-order chi connectivity index (χ1) is 9.49. The van der Waals surface area contributed by atoms with Crippen molar-refractivity contribution < 1.29 is 14.0 Å². The molecule has 0 bridgehead atoms. The third-order valence-corrected chi connectivity index (χ3v) is 2.92. The highest BCUT2D eigenvalue weighted by Crippen LogP contribution is 2.17. The SMILES string of the molecule is CCNC(=O)NC(=O)C(C)N(CC)c1ccc(F)cc1. The molecule has 0 saturated carbocycles. The number of hydrogen-bond acceptors (Lipinski definition) is 3. The lowest BCUT2D eigenvalue weighted by Gasteiger charge is -2.29. The first kappa shape index (κ1) is 15.9. The van der Waals surface area contributed by atoms with Crippen LogP contribution in [0.4, 0.5) is 14.9 Å². The van der Waals surface area contributed by atoms with E-state index in [1.807, 2.05) is 6.92 Å². The van der Waals surface area contributed by atoms with Crippen molar-refractivity contribution in [3.8, 4) is 0 Å². The lowest BCUT2D eigenvalue weighted by molar-refractivity contribution is -0.121. The summed E-state index contributed by atoms with van der Waals surface area (Å²) in [5.41, 5.74) is 0.729. The molecular formula is C14H20FN3O2. The number of nitrogens with zero attached hydrogens (tertiary/aromatic N) is 1. The first-order valence-corrected chi connectivity index (χ1v) is 6.60. The van der Waals surface area contributed by atoms with Crippen molar-refractivity contribution in [1.29, 1.82) is 0 Å². The molecule has 110 valence electrons. The van der Waals surface area contributed by atoms with E-state index >= 15 is 0 Å². The minimum Gasteiger partial charge on any atom is -0.360 e. The van der Waals surface area contributed by atoms with E-state index in [1.165, 1.54) is 12.1 Å². The van der Waals surface area contributed by atoms with Crippen LogP contribution in [-0.2, 0) is 4.79 Å². The van der Waals surface area contributed by atoms with E-state index in [1.54, 1.807) is 30.9 Å². The van der Waals surface area contributed by atoms with E-state index in [4.69, 9.17) is 0 Å². The molecule has 0 aromatic heterocycles. The number of benzene rings is 1. The molecule has 2 N–H and O–H groups in total. The molecule has 1 atom stereocenters. The van der Waals surface area contributed by atoms with Crippen molar-refractivity contribution in [1.82, 2.24) is 10.6 Å². The van der Waals surface area contributed by atoms with E-state index in [9.17, 15) is 14.0 Å². The lowest BCUT2D eigenvalue weighted by Crippen LogP contribution is -2.49. The Bertz CT molecular complexity index is 462. The summed E-state index contributed by atoms with van der Waals surface area (Å²) in [6.07, 6.45) is 0. The Labute approximate surface area is 118 Å². The van der Waals surface area contributed by atoms with Crippen LogP contribution >= 0.6 is 0 Å². The van der Waals surface area contributed by atoms with Gasteiger partial charge in [0.15, 0.2) is 0 Å². The van der Waals surface area contributed by atoms with Crippen molar-refractivity contribution in [2.45, 2.75) is 26.8 Å². The van der Waals surface area contributed by atoms with Gasteiger partial charge in [-0.05, 0) is 45.0 Å². The number of imide groups is 1. The summed E-state index contributed by atoms with van der Waals surface area (Å²) >= 11 is 0. The van der Waals surface area contributed by atoms with E-state index in [-0.39, 0.29) is 5.82 Å². The Morgan fingerprint density at radius 2 is 1.85 bits per heavy atom. The molecule has 3 amide bonds. The maximum Gasteiger partial charge on any atom is 0.321 e. The maximum absolute atomic E-state index is 12.9. The molecule has 0 aliphatic carbocycles. The minimum atomic E-state index is -0.534. The predicted molar refractivity (Wildman–Crippen MR) is 76.1 cm³/mol. The van der Waals surface area contributed by atoms with Gasteiger partial charge in [0.2, 0.25) is 5.91 Å². The second-order valence-electron chi connectivity index (χ2n) is 4.29. The molecule has 6 heteroatoms. The van der Waals surface area contributed by atoms with Crippen LogP contribution in [0.5, 0.6) is 0 Å². The number of carbonyl (C=O) groups excluding carboxylic acids is 2. The molecule has 0 heterocycles. The summed E-state index contributed by atoms with van der Waals surface area (Å²) in [6, 6.07) is 4.84. The van der Waals surface area contributed by atoms with Gasteiger partial charge in [0, 0.05) is 18.8 Å². The van der Waals surface area contributed by atoms with Crippen LogP contribution in [0.15, 0.2) is 24.3 Å². The number of hydrogen-bond donors (Lipinski definition) is 2. The molecule has 0 spiro atoms. The normalized spacial score (nSPS) is 11.6. The molecule has 0 radical (unpaired) electrons. The molecule has 0 aliphatic heterocycles. The van der Waals surface area contributed by atoms with Crippen LogP contribution in [-0.4, -0.2) is 31.1 Å². The molecule has 5 nitrogen and oxygen atoms in total. The van der Waals surface area contributed by atoms with Gasteiger partial charge in [-0.15, -0.1) is 0 Å². The van der Waals surface area contributed by atoms with Crippen molar-refractivity contribution >= 4 is 17.6 Å². The second-order valence-corrected chi connectivity index (χ2v) is 4.29. The summed E-state index contributed by atoms with van der Waals surface area (Å²) in [4.78, 5) is 25.1. The van der Waals surface area contributed by atoms with Crippen LogP contribution in [0.2, 0.25) is 0 Å². The fraction of sp³-hybridized carbons (Fsp3) is 0.429. The monoisotopic (exact) mass is 281 g/mol. The number of rotatable bonds is 5. The van der Waals surface area contributed by atoms with Crippen LogP contribution in [0.1, 0.15) is 20.8 Å². The Morgan fingerprint density at radius 1 is 1.25 bits per heavy atom. The Kier molecular flexibility index (Phi) is 5.96. The van der Waals surface area contributed by atoms with Gasteiger partial charge >= 0.3 is 6.03 Å². The zero-order chi connectivity index (χ0) is 15.1. The Hall–Kier alpha value is -2.11. The second kappa shape index (κ2) is 7.47. The minimum absolute atomic E-state index is 0.329. The Morgan fingerprint density at radius 3 is 2.35 bits per heavy atom. The van der Waals surface area contributed by atoms with Gasteiger partial charge < -0.3 is 10.2 Å². The van der Waals surface area contributed by atoms with E-state index in [0.29, 0.717) is 13.1 Å². The highest BCUT2D eigenvalue weighted by atomic mass is 19.1. The fourth-order valence-corrected chi connectivity index (χ4v) is 1.88. The number of carbonyl (C=O) groups is 2. The average Bonchev–Trinajstić information content (AvgIpc) is 2.41. The van der Waals surface area contributed by atoms with Gasteiger partial charge in [-0.2, -0.15) is 0 Å². The van der Waals surface area contributed by atoms with Crippen molar-refractivity contribution in [2.24, 2.45) is 0 Å². The first-order valence-electron chi connectivity index (χ1n) is 6.60. The number of halogens is 1. The molecule has 1 rings (SSSR count). The largest absolute Gasteiger partial charge is 0.360 e. The predicted octanol–water partition coefficient (Wildman–Crippen LogP) is 1.89. The zero-order valence-corrected chi connectivity index (χ0v) is 11.9. The number of nitrogens with one attached hydrogen (secondary N) is 2. The summed E-state index contributed by atoms with van der Waals surface area (Å²) in [5, 5.41) is 4.77. The van der Waals surface area contributed by atoms with Gasteiger partial charge in [-0.25, -0.2) is 9.18 Å². The molecule has 1 aromatic carbocycles. The molecule has 0 fully saturated rings. The van der Waals surface area contributed by atoms with Crippen molar-refractivity contribution in [3.63, 3.8) is 0 Å². The molecule has 0 saturated heterocycles. The lowest BCUT2D eigenvalue weighted by atomic mass is 10.2. The molecule has 20 heavy (non-hydrogen) atoms. The van der Waals surface area contributed by atoms with Gasteiger partial charge in [0.1, 0.15) is 11.9 Å². The molecule has 0 aliphatic rings. The topological polar surface area (TPSA) is 61.4 Å². The molecule has 1 unspecified atom stereocenters. The number of amides is 3. The van der Waals surface area contributed by atoms with Gasteiger partial charge in [-0.1, -0.05) is 0 Å². The quantitative estimate of drug-likeness (QED) is 0.866.